The first-order valence-electron chi connectivity index (χ1n) is 4.61. The van der Waals surface area contributed by atoms with Crippen LogP contribution < -0.4 is 4.74 Å². The first-order chi connectivity index (χ1) is 7.17. The highest BCUT2D eigenvalue weighted by molar-refractivity contribution is 5.29. The lowest BCUT2D eigenvalue weighted by atomic mass is 10.2. The van der Waals surface area contributed by atoms with E-state index in [4.69, 9.17) is 11.2 Å². The Morgan fingerprint density at radius 2 is 2.27 bits per heavy atom. The van der Waals surface area contributed by atoms with Crippen LogP contribution in [0.15, 0.2) is 18.2 Å². The molecule has 0 unspecified atom stereocenters. The fraction of sp³-hybridized carbons (Fsp3) is 0.333. The third kappa shape index (κ3) is 3.26. The van der Waals surface area contributed by atoms with Gasteiger partial charge in [0.05, 0.1) is 13.7 Å². The second kappa shape index (κ2) is 5.38. The molecular weight excluding hydrogens is 193 g/mol. The Morgan fingerprint density at radius 1 is 1.53 bits per heavy atom. The van der Waals surface area contributed by atoms with Crippen molar-refractivity contribution in [3.63, 3.8) is 0 Å². The van der Waals surface area contributed by atoms with E-state index in [1.165, 1.54) is 13.2 Å². The molecule has 1 aromatic carbocycles. The highest BCUT2D eigenvalue weighted by atomic mass is 19.1. The number of terminal acetylenes is 1. The average Bonchev–Trinajstić information content (AvgIpc) is 2.18. The molecule has 0 fully saturated rings. The molecule has 15 heavy (non-hydrogen) atoms. The predicted octanol–water partition coefficient (Wildman–Crippen LogP) is 1.90. The van der Waals surface area contributed by atoms with Crippen LogP contribution in [0.1, 0.15) is 5.56 Å². The summed E-state index contributed by atoms with van der Waals surface area (Å²) in [5, 5.41) is 0. The van der Waals surface area contributed by atoms with Crippen molar-refractivity contribution in [1.29, 1.82) is 0 Å². The molecule has 0 aliphatic carbocycles. The summed E-state index contributed by atoms with van der Waals surface area (Å²) in [4.78, 5) is 1.93. The average molecular weight is 207 g/mol. The van der Waals surface area contributed by atoms with Crippen molar-refractivity contribution in [1.82, 2.24) is 4.90 Å². The first-order valence-corrected chi connectivity index (χ1v) is 4.61. The van der Waals surface area contributed by atoms with Crippen molar-refractivity contribution < 1.29 is 9.13 Å². The van der Waals surface area contributed by atoms with Gasteiger partial charge in [-0.25, -0.2) is 4.39 Å². The van der Waals surface area contributed by atoms with Gasteiger partial charge in [-0.15, -0.1) is 6.42 Å². The maximum absolute atomic E-state index is 13.3. The second-order valence-electron chi connectivity index (χ2n) is 3.35. The van der Waals surface area contributed by atoms with Gasteiger partial charge in [0, 0.05) is 6.54 Å². The summed E-state index contributed by atoms with van der Waals surface area (Å²) < 4.78 is 18.1. The summed E-state index contributed by atoms with van der Waals surface area (Å²) in [6, 6.07) is 4.91. The standard InChI is InChI=1S/C12H14FNO/c1-4-7-14(2)9-10-5-6-12(15-3)11(13)8-10/h1,5-6,8H,7,9H2,2-3H3. The van der Waals surface area contributed by atoms with Crippen LogP contribution in [-0.4, -0.2) is 25.6 Å². The molecule has 2 nitrogen and oxygen atoms in total. The highest BCUT2D eigenvalue weighted by Gasteiger charge is 2.04. The smallest absolute Gasteiger partial charge is 0.165 e. The molecule has 0 heterocycles. The van der Waals surface area contributed by atoms with Gasteiger partial charge in [-0.05, 0) is 24.7 Å². The summed E-state index contributed by atoms with van der Waals surface area (Å²) in [5.41, 5.74) is 0.881. The Kier molecular flexibility index (Phi) is 4.14. The van der Waals surface area contributed by atoms with E-state index in [0.29, 0.717) is 13.1 Å². The summed E-state index contributed by atoms with van der Waals surface area (Å²) in [5.74, 6) is 2.45. The number of halogens is 1. The quantitative estimate of drug-likeness (QED) is 0.699. The van der Waals surface area contributed by atoms with E-state index in [-0.39, 0.29) is 11.6 Å². The van der Waals surface area contributed by atoms with Gasteiger partial charge in [-0.1, -0.05) is 12.0 Å². The van der Waals surface area contributed by atoms with Crippen molar-refractivity contribution in [2.45, 2.75) is 6.54 Å². The van der Waals surface area contributed by atoms with Gasteiger partial charge in [0.2, 0.25) is 0 Å². The van der Waals surface area contributed by atoms with E-state index in [2.05, 4.69) is 5.92 Å². The molecule has 3 heteroatoms. The number of benzene rings is 1. The topological polar surface area (TPSA) is 12.5 Å². The Balaban J connectivity index is 2.72. The van der Waals surface area contributed by atoms with Crippen molar-refractivity contribution in [2.75, 3.05) is 20.7 Å². The molecule has 0 amide bonds. The van der Waals surface area contributed by atoms with E-state index in [0.717, 1.165) is 5.56 Å². The van der Waals surface area contributed by atoms with Crippen LogP contribution in [0.25, 0.3) is 0 Å². The monoisotopic (exact) mass is 207 g/mol. The number of hydrogen-bond donors (Lipinski definition) is 0. The van der Waals surface area contributed by atoms with Crippen molar-refractivity contribution in [3.05, 3.63) is 29.6 Å². The molecule has 0 N–H and O–H groups in total. The zero-order valence-corrected chi connectivity index (χ0v) is 8.96. The maximum atomic E-state index is 13.3. The molecule has 0 saturated heterocycles. The first kappa shape index (κ1) is 11.5. The number of nitrogens with zero attached hydrogens (tertiary/aromatic N) is 1. The van der Waals surface area contributed by atoms with Crippen LogP contribution in [0.3, 0.4) is 0 Å². The highest BCUT2D eigenvalue weighted by Crippen LogP contribution is 2.18. The second-order valence-corrected chi connectivity index (χ2v) is 3.35. The number of rotatable bonds is 4. The van der Waals surface area contributed by atoms with Crippen LogP contribution in [-0.2, 0) is 6.54 Å². The SMILES string of the molecule is C#CCN(C)Cc1ccc(OC)c(F)c1. The van der Waals surface area contributed by atoms with E-state index in [1.807, 2.05) is 18.0 Å². The summed E-state index contributed by atoms with van der Waals surface area (Å²) in [6.45, 7) is 1.18. The molecule has 1 aromatic rings. The molecule has 0 aliphatic heterocycles. The zero-order chi connectivity index (χ0) is 11.3. The normalized spacial score (nSPS) is 10.1. The van der Waals surface area contributed by atoms with E-state index < -0.39 is 0 Å². The van der Waals surface area contributed by atoms with Gasteiger partial charge in [-0.2, -0.15) is 0 Å². The molecule has 0 aromatic heterocycles. The molecule has 0 radical (unpaired) electrons. The van der Waals surface area contributed by atoms with Crippen molar-refractivity contribution >= 4 is 0 Å². The van der Waals surface area contributed by atoms with Gasteiger partial charge in [0.15, 0.2) is 11.6 Å². The lowest BCUT2D eigenvalue weighted by Gasteiger charge is -2.13. The third-order valence-corrected chi connectivity index (χ3v) is 2.03. The van der Waals surface area contributed by atoms with Crippen molar-refractivity contribution in [3.8, 4) is 18.1 Å². The number of ether oxygens (including phenoxy) is 1. The van der Waals surface area contributed by atoms with Crippen LogP contribution in [0.4, 0.5) is 4.39 Å². The lowest BCUT2D eigenvalue weighted by molar-refractivity contribution is 0.364. The van der Waals surface area contributed by atoms with Gasteiger partial charge >= 0.3 is 0 Å². The Hall–Kier alpha value is -1.53. The molecule has 80 valence electrons. The minimum Gasteiger partial charge on any atom is -0.494 e. The van der Waals surface area contributed by atoms with Crippen LogP contribution in [0.5, 0.6) is 5.75 Å². The van der Waals surface area contributed by atoms with Gasteiger partial charge in [0.1, 0.15) is 0 Å². The van der Waals surface area contributed by atoms with E-state index in [9.17, 15) is 4.39 Å². The Bertz CT molecular complexity index is 370. The van der Waals surface area contributed by atoms with Crippen LogP contribution >= 0.6 is 0 Å². The molecule has 0 aliphatic rings. The fourth-order valence-corrected chi connectivity index (χ4v) is 1.33. The summed E-state index contributed by atoms with van der Waals surface area (Å²) in [7, 11) is 3.34. The number of methoxy groups -OCH3 is 1. The van der Waals surface area contributed by atoms with Crippen molar-refractivity contribution in [2.24, 2.45) is 0 Å². The van der Waals surface area contributed by atoms with E-state index in [1.54, 1.807) is 6.07 Å². The maximum Gasteiger partial charge on any atom is 0.165 e. The fourth-order valence-electron chi connectivity index (χ4n) is 1.33. The minimum atomic E-state index is -0.343. The molecule has 0 saturated carbocycles. The molecule has 0 bridgehead atoms. The number of hydrogen-bond acceptors (Lipinski definition) is 2. The van der Waals surface area contributed by atoms with Gasteiger partial charge < -0.3 is 4.74 Å². The Labute approximate surface area is 89.7 Å². The van der Waals surface area contributed by atoms with Crippen LogP contribution in [0.2, 0.25) is 0 Å². The summed E-state index contributed by atoms with van der Waals surface area (Å²) >= 11 is 0. The lowest BCUT2D eigenvalue weighted by Crippen LogP contribution is -2.17. The van der Waals surface area contributed by atoms with Gasteiger partial charge in [-0.3, -0.25) is 4.90 Å². The predicted molar refractivity (Wildman–Crippen MR) is 58.1 cm³/mol. The van der Waals surface area contributed by atoms with Crippen LogP contribution in [0, 0.1) is 18.2 Å². The van der Waals surface area contributed by atoms with Gasteiger partial charge in [0.25, 0.3) is 0 Å². The molecule has 1 rings (SSSR count). The molecule has 0 atom stereocenters. The largest absolute Gasteiger partial charge is 0.494 e. The minimum absolute atomic E-state index is 0.262. The molecular formula is C12H14FNO. The third-order valence-electron chi connectivity index (χ3n) is 2.03. The summed E-state index contributed by atoms with van der Waals surface area (Å²) in [6.07, 6.45) is 5.17. The Morgan fingerprint density at radius 3 is 2.80 bits per heavy atom. The van der Waals surface area contributed by atoms with E-state index >= 15 is 0 Å². The zero-order valence-electron chi connectivity index (χ0n) is 8.96. The molecule has 0 spiro atoms.